The topological polar surface area (TPSA) is 74.7 Å². The number of nitrogens with zero attached hydrogens (tertiary/aromatic N) is 1. The lowest BCUT2D eigenvalue weighted by molar-refractivity contribution is -0.135. The molecule has 0 fully saturated rings. The summed E-state index contributed by atoms with van der Waals surface area (Å²) < 4.78 is 26.2. The molecule has 0 saturated carbocycles. The largest absolute Gasteiger partial charge is 0.480 e. The summed E-state index contributed by atoms with van der Waals surface area (Å²) in [5, 5.41) is 11.0. The monoisotopic (exact) mass is 345 g/mol. The normalized spacial score (nSPS) is 11.3. The van der Waals surface area contributed by atoms with E-state index in [-0.39, 0.29) is 9.90 Å². The molecule has 1 heterocycles. The van der Waals surface area contributed by atoms with Crippen LogP contribution in [0.25, 0.3) is 0 Å². The lowest BCUT2D eigenvalue weighted by atomic mass is 10.2. The van der Waals surface area contributed by atoms with Crippen LogP contribution >= 0.6 is 22.9 Å². The number of carboxylic acids is 1. The third-order valence-electron chi connectivity index (χ3n) is 2.76. The van der Waals surface area contributed by atoms with Crippen LogP contribution in [0.4, 0.5) is 5.69 Å². The Hall–Kier alpha value is -1.57. The van der Waals surface area contributed by atoms with E-state index in [2.05, 4.69) is 0 Å². The van der Waals surface area contributed by atoms with E-state index < -0.39 is 22.5 Å². The average molecular weight is 346 g/mol. The SMILES string of the molecule is Cc1ccc(Cl)cc1N(CC(=O)O)S(=O)(=O)c1cccs1. The molecule has 1 aromatic heterocycles. The number of halogens is 1. The van der Waals surface area contributed by atoms with Gasteiger partial charge in [-0.2, -0.15) is 0 Å². The summed E-state index contributed by atoms with van der Waals surface area (Å²) in [7, 11) is -3.93. The van der Waals surface area contributed by atoms with Gasteiger partial charge in [0.05, 0.1) is 5.69 Å². The average Bonchev–Trinajstić information content (AvgIpc) is 2.93. The van der Waals surface area contributed by atoms with E-state index in [1.54, 1.807) is 30.5 Å². The highest BCUT2D eigenvalue weighted by Crippen LogP contribution is 2.30. The Bertz CT molecular complexity index is 756. The second kappa shape index (κ2) is 6.05. The molecule has 0 radical (unpaired) electrons. The standard InChI is InChI=1S/C13H12ClNO4S2/c1-9-4-5-10(14)7-11(9)15(8-12(16)17)21(18,19)13-3-2-6-20-13/h2-7H,8H2,1H3,(H,16,17). The van der Waals surface area contributed by atoms with Crippen molar-refractivity contribution < 1.29 is 18.3 Å². The molecule has 1 N–H and O–H groups in total. The Morgan fingerprint density at radius 2 is 2.10 bits per heavy atom. The minimum absolute atomic E-state index is 0.0862. The highest BCUT2D eigenvalue weighted by Gasteiger charge is 2.29. The molecular weight excluding hydrogens is 334 g/mol. The van der Waals surface area contributed by atoms with Crippen LogP contribution in [-0.2, 0) is 14.8 Å². The van der Waals surface area contributed by atoms with Gasteiger partial charge in [0.25, 0.3) is 10.0 Å². The summed E-state index contributed by atoms with van der Waals surface area (Å²) in [6.45, 7) is 1.03. The molecule has 0 saturated heterocycles. The molecule has 2 rings (SSSR count). The fourth-order valence-electron chi connectivity index (χ4n) is 1.79. The number of anilines is 1. The lowest BCUT2D eigenvalue weighted by Gasteiger charge is -2.23. The zero-order valence-electron chi connectivity index (χ0n) is 11.0. The van der Waals surface area contributed by atoms with E-state index in [1.807, 2.05) is 0 Å². The number of carbonyl (C=O) groups is 1. The maximum atomic E-state index is 12.6. The van der Waals surface area contributed by atoms with Gasteiger partial charge in [0, 0.05) is 5.02 Å². The van der Waals surface area contributed by atoms with Gasteiger partial charge < -0.3 is 5.11 Å². The van der Waals surface area contributed by atoms with Gasteiger partial charge in [-0.15, -0.1) is 11.3 Å². The first-order valence-corrected chi connectivity index (χ1v) is 8.56. The van der Waals surface area contributed by atoms with Crippen LogP contribution < -0.4 is 4.31 Å². The number of thiophene rings is 1. The molecule has 112 valence electrons. The zero-order valence-corrected chi connectivity index (χ0v) is 13.4. The fraction of sp³-hybridized carbons (Fsp3) is 0.154. The Balaban J connectivity index is 2.59. The van der Waals surface area contributed by atoms with Crippen molar-refractivity contribution >= 4 is 44.6 Å². The minimum atomic E-state index is -3.93. The molecule has 0 aliphatic heterocycles. The number of aliphatic carboxylic acids is 1. The van der Waals surface area contributed by atoms with Crippen LogP contribution in [0.2, 0.25) is 5.02 Å². The first kappa shape index (κ1) is 15.8. The molecule has 8 heteroatoms. The molecule has 0 amide bonds. The maximum Gasteiger partial charge on any atom is 0.324 e. The van der Waals surface area contributed by atoms with E-state index in [0.29, 0.717) is 10.6 Å². The molecule has 0 atom stereocenters. The van der Waals surface area contributed by atoms with E-state index in [1.165, 1.54) is 12.1 Å². The highest BCUT2D eigenvalue weighted by molar-refractivity contribution is 7.94. The van der Waals surface area contributed by atoms with E-state index in [4.69, 9.17) is 16.7 Å². The molecule has 0 aliphatic rings. The molecule has 0 aliphatic carbocycles. The number of hydrogen-bond acceptors (Lipinski definition) is 4. The third kappa shape index (κ3) is 3.37. The summed E-state index contributed by atoms with van der Waals surface area (Å²) >= 11 is 6.94. The van der Waals surface area contributed by atoms with Crippen LogP contribution in [-0.4, -0.2) is 26.0 Å². The predicted octanol–water partition coefficient (Wildman–Crippen LogP) is 2.99. The molecule has 1 aromatic carbocycles. The Kier molecular flexibility index (Phi) is 4.55. The number of hydrogen-bond donors (Lipinski definition) is 1. The van der Waals surface area contributed by atoms with Crippen LogP contribution in [0.1, 0.15) is 5.56 Å². The van der Waals surface area contributed by atoms with E-state index in [9.17, 15) is 13.2 Å². The van der Waals surface area contributed by atoms with Crippen molar-refractivity contribution in [2.24, 2.45) is 0 Å². The van der Waals surface area contributed by atoms with Gasteiger partial charge in [-0.05, 0) is 36.1 Å². The van der Waals surface area contributed by atoms with Gasteiger partial charge in [0.1, 0.15) is 10.8 Å². The summed E-state index contributed by atoms with van der Waals surface area (Å²) in [4.78, 5) is 11.1. The first-order chi connectivity index (χ1) is 9.82. The van der Waals surface area contributed by atoms with Crippen molar-refractivity contribution in [2.75, 3.05) is 10.8 Å². The van der Waals surface area contributed by atoms with E-state index in [0.717, 1.165) is 15.6 Å². The first-order valence-electron chi connectivity index (χ1n) is 5.86. The number of sulfonamides is 1. The van der Waals surface area contributed by atoms with Crippen molar-refractivity contribution in [3.8, 4) is 0 Å². The van der Waals surface area contributed by atoms with Crippen LogP contribution in [0, 0.1) is 6.92 Å². The minimum Gasteiger partial charge on any atom is -0.480 e. The number of rotatable bonds is 5. The Morgan fingerprint density at radius 1 is 1.38 bits per heavy atom. The molecular formula is C13H12ClNO4S2. The smallest absolute Gasteiger partial charge is 0.324 e. The van der Waals surface area contributed by atoms with Crippen molar-refractivity contribution in [1.82, 2.24) is 0 Å². The maximum absolute atomic E-state index is 12.6. The van der Waals surface area contributed by atoms with Crippen molar-refractivity contribution in [2.45, 2.75) is 11.1 Å². The zero-order chi connectivity index (χ0) is 15.6. The highest BCUT2D eigenvalue weighted by atomic mass is 35.5. The van der Waals surface area contributed by atoms with E-state index >= 15 is 0 Å². The predicted molar refractivity (Wildman–Crippen MR) is 82.7 cm³/mol. The summed E-state index contributed by atoms with van der Waals surface area (Å²) in [6.07, 6.45) is 0. The molecule has 0 unspecified atom stereocenters. The summed E-state index contributed by atoms with van der Waals surface area (Å²) in [6, 6.07) is 7.76. The number of benzene rings is 1. The molecule has 0 bridgehead atoms. The molecule has 5 nitrogen and oxygen atoms in total. The molecule has 0 spiro atoms. The number of aryl methyl sites for hydroxylation is 1. The number of carboxylic acid groups (broad SMARTS) is 1. The second-order valence-electron chi connectivity index (χ2n) is 4.27. The third-order valence-corrected chi connectivity index (χ3v) is 6.13. The van der Waals surface area contributed by atoms with Gasteiger partial charge >= 0.3 is 5.97 Å². The Morgan fingerprint density at radius 3 is 2.67 bits per heavy atom. The van der Waals surface area contributed by atoms with Crippen LogP contribution in [0.15, 0.2) is 39.9 Å². The fourth-order valence-corrected chi connectivity index (χ4v) is 4.53. The van der Waals surface area contributed by atoms with Crippen molar-refractivity contribution in [1.29, 1.82) is 0 Å². The van der Waals surface area contributed by atoms with Crippen molar-refractivity contribution in [3.63, 3.8) is 0 Å². The van der Waals surface area contributed by atoms with Gasteiger partial charge in [-0.25, -0.2) is 8.42 Å². The van der Waals surface area contributed by atoms with Crippen LogP contribution in [0.3, 0.4) is 0 Å². The summed E-state index contributed by atoms with van der Waals surface area (Å²) in [5.74, 6) is -1.24. The molecule has 2 aromatic rings. The second-order valence-corrected chi connectivity index (χ2v) is 7.74. The summed E-state index contributed by atoms with van der Waals surface area (Å²) in [5.41, 5.74) is 0.888. The van der Waals surface area contributed by atoms with Crippen molar-refractivity contribution in [3.05, 3.63) is 46.3 Å². The lowest BCUT2D eigenvalue weighted by Crippen LogP contribution is -2.35. The van der Waals surface area contributed by atoms with Crippen LogP contribution in [0.5, 0.6) is 0 Å². The van der Waals surface area contributed by atoms with Gasteiger partial charge in [0.15, 0.2) is 0 Å². The quantitative estimate of drug-likeness (QED) is 0.904. The van der Waals surface area contributed by atoms with Gasteiger partial charge in [-0.1, -0.05) is 23.7 Å². The Labute approximate surface area is 131 Å². The van der Waals surface area contributed by atoms with Gasteiger partial charge in [-0.3, -0.25) is 9.10 Å². The molecule has 21 heavy (non-hydrogen) atoms. The van der Waals surface area contributed by atoms with Gasteiger partial charge in [0.2, 0.25) is 0 Å².